The molecule has 0 atom stereocenters. The Morgan fingerprint density at radius 1 is 1.05 bits per heavy atom. The van der Waals surface area contributed by atoms with Gasteiger partial charge in [-0.15, -0.1) is 0 Å². The molecule has 1 aliphatic heterocycles. The first-order valence-corrected chi connectivity index (χ1v) is 7.54. The maximum Gasteiger partial charge on any atom is 0.291 e. The van der Waals surface area contributed by atoms with E-state index in [-0.39, 0.29) is 10.4 Å². The molecule has 0 aromatic heterocycles. The highest BCUT2D eigenvalue weighted by molar-refractivity contribution is 8.27. The average molecular weight is 311 g/mol. The quantitative estimate of drug-likeness (QED) is 0.877. The van der Waals surface area contributed by atoms with Gasteiger partial charge in [0.05, 0.1) is 5.70 Å². The summed E-state index contributed by atoms with van der Waals surface area (Å²) in [6, 6.07) is 17.3. The average Bonchev–Trinajstić information content (AvgIpc) is 2.84. The number of carbonyl (C=O) groups excluding carboxylic acids is 2. The van der Waals surface area contributed by atoms with Crippen molar-refractivity contribution in [1.82, 2.24) is 5.32 Å². The lowest BCUT2D eigenvalue weighted by Gasteiger charge is -2.07. The molecular weight excluding hydrogens is 298 g/mol. The fourth-order valence-corrected chi connectivity index (χ4v) is 2.57. The molecule has 5 heteroatoms. The van der Waals surface area contributed by atoms with Crippen LogP contribution in [0.3, 0.4) is 0 Å². The van der Waals surface area contributed by atoms with Crippen LogP contribution < -0.4 is 10.1 Å². The molecule has 0 bridgehead atoms. The van der Waals surface area contributed by atoms with Crippen LogP contribution in [0.5, 0.6) is 5.75 Å². The van der Waals surface area contributed by atoms with Gasteiger partial charge in [-0.05, 0) is 29.3 Å². The predicted octanol–water partition coefficient (Wildman–Crippen LogP) is 3.59. The molecule has 0 saturated carbocycles. The molecule has 4 nitrogen and oxygen atoms in total. The highest BCUT2D eigenvalue weighted by Gasteiger charge is 2.25. The van der Waals surface area contributed by atoms with Gasteiger partial charge in [-0.25, -0.2) is 0 Å². The van der Waals surface area contributed by atoms with Crippen LogP contribution in [-0.4, -0.2) is 10.4 Å². The van der Waals surface area contributed by atoms with E-state index in [4.69, 9.17) is 4.74 Å². The van der Waals surface area contributed by atoms with Crippen LogP contribution in [0.15, 0.2) is 60.3 Å². The van der Waals surface area contributed by atoms with Crippen molar-refractivity contribution in [3.63, 3.8) is 0 Å². The second-order valence-electron chi connectivity index (χ2n) is 4.71. The Balaban J connectivity index is 1.71. The number of nitrogens with one attached hydrogen (secondary N) is 1. The second kappa shape index (κ2) is 6.49. The molecule has 1 amide bonds. The van der Waals surface area contributed by atoms with Gasteiger partial charge in [-0.3, -0.25) is 9.59 Å². The van der Waals surface area contributed by atoms with Crippen molar-refractivity contribution in [3.05, 3.63) is 71.4 Å². The number of benzene rings is 2. The molecule has 2 aromatic rings. The monoisotopic (exact) mass is 311 g/mol. The molecule has 0 aliphatic carbocycles. The Kier molecular flexibility index (Phi) is 4.25. The summed E-state index contributed by atoms with van der Waals surface area (Å²) in [6.45, 7) is 0.479. The molecule has 0 unspecified atom stereocenters. The second-order valence-corrected chi connectivity index (χ2v) is 5.65. The van der Waals surface area contributed by atoms with Gasteiger partial charge in [0, 0.05) is 11.8 Å². The van der Waals surface area contributed by atoms with Crippen LogP contribution in [0.2, 0.25) is 0 Å². The largest absolute Gasteiger partial charge is 0.489 e. The zero-order chi connectivity index (χ0) is 15.4. The van der Waals surface area contributed by atoms with Gasteiger partial charge in [0.1, 0.15) is 12.4 Å². The third-order valence-corrected chi connectivity index (χ3v) is 3.75. The molecule has 1 fully saturated rings. The molecule has 3 rings (SSSR count). The van der Waals surface area contributed by atoms with E-state index in [9.17, 15) is 9.59 Å². The van der Waals surface area contributed by atoms with Gasteiger partial charge in [0.15, 0.2) is 0 Å². The summed E-state index contributed by atoms with van der Waals surface area (Å²) in [7, 11) is 0. The Bertz CT molecular complexity index is 741. The molecule has 1 N–H and O–H groups in total. The number of ether oxygens (including phenoxy) is 1. The van der Waals surface area contributed by atoms with Crippen LogP contribution in [0, 0.1) is 0 Å². The smallest absolute Gasteiger partial charge is 0.291 e. The van der Waals surface area contributed by atoms with Gasteiger partial charge in [-0.1, -0.05) is 42.5 Å². The van der Waals surface area contributed by atoms with Crippen molar-refractivity contribution in [2.75, 3.05) is 0 Å². The predicted molar refractivity (Wildman–Crippen MR) is 86.3 cm³/mol. The van der Waals surface area contributed by atoms with Crippen molar-refractivity contribution in [1.29, 1.82) is 0 Å². The molecule has 110 valence electrons. The van der Waals surface area contributed by atoms with Crippen molar-refractivity contribution in [2.24, 2.45) is 0 Å². The third kappa shape index (κ3) is 3.56. The van der Waals surface area contributed by atoms with Gasteiger partial charge >= 0.3 is 0 Å². The van der Waals surface area contributed by atoms with Crippen LogP contribution >= 0.6 is 11.8 Å². The lowest BCUT2D eigenvalue weighted by atomic mass is 10.2. The van der Waals surface area contributed by atoms with Crippen LogP contribution in [0.25, 0.3) is 6.08 Å². The van der Waals surface area contributed by atoms with Crippen LogP contribution in [0.4, 0.5) is 4.79 Å². The number of thioether (sulfide) groups is 1. The summed E-state index contributed by atoms with van der Waals surface area (Å²) in [6.07, 6.45) is 1.65. The summed E-state index contributed by atoms with van der Waals surface area (Å²) in [5, 5.41) is 1.92. The minimum absolute atomic E-state index is 0.263. The van der Waals surface area contributed by atoms with E-state index < -0.39 is 0 Å². The van der Waals surface area contributed by atoms with Gasteiger partial charge < -0.3 is 10.1 Å². The Hall–Kier alpha value is -2.53. The SMILES string of the molecule is O=C1NC(=Cc2cccc(OCc3ccccc3)c2)C(=O)S1. The third-order valence-electron chi connectivity index (χ3n) is 3.06. The van der Waals surface area contributed by atoms with E-state index >= 15 is 0 Å². The van der Waals surface area contributed by atoms with Gasteiger partial charge in [0.2, 0.25) is 5.12 Å². The maximum atomic E-state index is 11.6. The number of carbonyl (C=O) groups is 2. The zero-order valence-corrected chi connectivity index (χ0v) is 12.4. The fraction of sp³-hybridized carbons (Fsp3) is 0.0588. The molecule has 0 spiro atoms. The van der Waals surface area contributed by atoms with Gasteiger partial charge in [0.25, 0.3) is 5.24 Å². The lowest BCUT2D eigenvalue weighted by molar-refractivity contribution is -0.107. The molecule has 1 saturated heterocycles. The summed E-state index contributed by atoms with van der Waals surface area (Å²) >= 11 is 0.671. The topological polar surface area (TPSA) is 55.4 Å². The van der Waals surface area contributed by atoms with E-state index in [2.05, 4.69) is 5.32 Å². The van der Waals surface area contributed by atoms with Crippen molar-refractivity contribution < 1.29 is 14.3 Å². The summed E-state index contributed by atoms with van der Waals surface area (Å²) < 4.78 is 5.74. The minimum atomic E-state index is -0.340. The lowest BCUT2D eigenvalue weighted by Crippen LogP contribution is -2.10. The number of hydrogen-bond acceptors (Lipinski definition) is 4. The highest BCUT2D eigenvalue weighted by Crippen LogP contribution is 2.22. The van der Waals surface area contributed by atoms with Crippen LogP contribution in [0.1, 0.15) is 11.1 Å². The molecule has 2 aromatic carbocycles. The Morgan fingerprint density at radius 2 is 1.86 bits per heavy atom. The Labute approximate surface area is 132 Å². The van der Waals surface area contributed by atoms with E-state index in [0.29, 0.717) is 29.8 Å². The summed E-state index contributed by atoms with van der Waals surface area (Å²) in [5.41, 5.74) is 2.19. The van der Waals surface area contributed by atoms with Crippen molar-refractivity contribution in [2.45, 2.75) is 6.61 Å². The zero-order valence-electron chi connectivity index (χ0n) is 11.6. The molecule has 1 heterocycles. The number of amides is 1. The number of hydrogen-bond donors (Lipinski definition) is 1. The van der Waals surface area contributed by atoms with Gasteiger partial charge in [-0.2, -0.15) is 0 Å². The fourth-order valence-electron chi connectivity index (χ4n) is 2.02. The van der Waals surface area contributed by atoms with E-state index in [0.717, 1.165) is 11.1 Å². The molecular formula is C17H13NO3S. The van der Waals surface area contributed by atoms with Crippen molar-refractivity contribution in [3.8, 4) is 5.75 Å². The highest BCUT2D eigenvalue weighted by atomic mass is 32.2. The minimum Gasteiger partial charge on any atom is -0.489 e. The first kappa shape index (κ1) is 14.4. The molecule has 0 radical (unpaired) electrons. The summed E-state index contributed by atoms with van der Waals surface area (Å²) in [5.74, 6) is 0.711. The first-order chi connectivity index (χ1) is 10.7. The van der Waals surface area contributed by atoms with Crippen LogP contribution in [-0.2, 0) is 11.4 Å². The van der Waals surface area contributed by atoms with E-state index in [1.807, 2.05) is 54.6 Å². The normalized spacial score (nSPS) is 15.9. The standard InChI is InChI=1S/C17H13NO3S/c19-16-15(18-17(20)22-16)10-13-7-4-8-14(9-13)21-11-12-5-2-1-3-6-12/h1-10H,11H2,(H,18,20). The first-order valence-electron chi connectivity index (χ1n) is 6.72. The Morgan fingerprint density at radius 3 is 2.59 bits per heavy atom. The van der Waals surface area contributed by atoms with E-state index in [1.165, 1.54) is 0 Å². The summed E-state index contributed by atoms with van der Waals surface area (Å²) in [4.78, 5) is 22.7. The maximum absolute atomic E-state index is 11.6. The molecule has 1 aliphatic rings. The van der Waals surface area contributed by atoms with Crippen molar-refractivity contribution >= 4 is 28.2 Å². The molecule has 22 heavy (non-hydrogen) atoms. The number of rotatable bonds is 4. The van der Waals surface area contributed by atoms with E-state index in [1.54, 1.807) is 6.08 Å².